The van der Waals surface area contributed by atoms with E-state index >= 15 is 0 Å². The summed E-state index contributed by atoms with van der Waals surface area (Å²) in [6.45, 7) is 0. The third-order valence-electron chi connectivity index (χ3n) is 2.65. The van der Waals surface area contributed by atoms with E-state index in [0.29, 0.717) is 5.02 Å². The predicted octanol–water partition coefficient (Wildman–Crippen LogP) is 3.48. The van der Waals surface area contributed by atoms with Crippen molar-refractivity contribution < 1.29 is 19.2 Å². The van der Waals surface area contributed by atoms with Gasteiger partial charge in [0.25, 0.3) is 0 Å². The third kappa shape index (κ3) is 4.13. The normalized spacial score (nSPS) is 9.61. The van der Waals surface area contributed by atoms with Crippen LogP contribution in [0.3, 0.4) is 0 Å². The van der Waals surface area contributed by atoms with Crippen molar-refractivity contribution in [2.24, 2.45) is 0 Å². The van der Waals surface area contributed by atoms with E-state index in [-0.39, 0.29) is 34.1 Å². The quantitative estimate of drug-likeness (QED) is 0.658. The molecule has 0 unspecified atom stereocenters. The van der Waals surface area contributed by atoms with E-state index in [1.807, 2.05) is 6.07 Å². The van der Waals surface area contributed by atoms with Gasteiger partial charge in [-0.25, -0.2) is 4.79 Å². The van der Waals surface area contributed by atoms with Crippen LogP contribution in [0.4, 0.5) is 0 Å². The summed E-state index contributed by atoms with van der Waals surface area (Å²) in [5.41, 5.74) is 2.01. The molecule has 2 rings (SSSR count). The average Bonchev–Trinajstić information content (AvgIpc) is 2.55. The average molecular weight is 351 g/mol. The van der Waals surface area contributed by atoms with E-state index in [0.717, 1.165) is 0 Å². The number of halogens is 2. The molecule has 1 amide bonds. The monoisotopic (exact) mass is 350 g/mol. The standard InChI is InChI=1S/C15H8Cl2N2O4/c16-10-1-4-14(9(5-10)7-18)22-11-2-3-13(17)12(6-11)15(21)23-19-8-20/h1-6,8H,(H,19,20). The van der Waals surface area contributed by atoms with Crippen LogP contribution < -0.4 is 10.2 Å². The molecule has 0 heterocycles. The molecule has 0 bridgehead atoms. The second kappa shape index (κ2) is 7.49. The van der Waals surface area contributed by atoms with E-state index in [1.54, 1.807) is 11.5 Å². The third-order valence-corrected chi connectivity index (χ3v) is 3.21. The number of nitrogens with one attached hydrogen (secondary N) is 1. The SMILES string of the molecule is N#Cc1cc(Cl)ccc1Oc1ccc(Cl)c(C(=O)ONC=O)c1. The summed E-state index contributed by atoms with van der Waals surface area (Å²) in [5.74, 6) is -0.333. The van der Waals surface area contributed by atoms with Gasteiger partial charge in [0.1, 0.15) is 17.6 Å². The number of nitrogens with zero attached hydrogens (tertiary/aromatic N) is 1. The Morgan fingerprint density at radius 2 is 2.00 bits per heavy atom. The lowest BCUT2D eigenvalue weighted by molar-refractivity contribution is -0.117. The molecular weight excluding hydrogens is 343 g/mol. The van der Waals surface area contributed by atoms with Crippen LogP contribution in [0.2, 0.25) is 10.0 Å². The van der Waals surface area contributed by atoms with Crippen molar-refractivity contribution in [2.45, 2.75) is 0 Å². The summed E-state index contributed by atoms with van der Waals surface area (Å²) >= 11 is 11.7. The maximum atomic E-state index is 11.7. The van der Waals surface area contributed by atoms with Gasteiger partial charge in [0, 0.05) is 5.02 Å². The first-order chi connectivity index (χ1) is 11.0. The second-order valence-corrected chi connectivity index (χ2v) is 4.96. The molecule has 8 heteroatoms. The topological polar surface area (TPSA) is 88.4 Å². The van der Waals surface area contributed by atoms with Gasteiger partial charge in [-0.1, -0.05) is 23.2 Å². The van der Waals surface area contributed by atoms with Gasteiger partial charge in [-0.3, -0.25) is 4.79 Å². The van der Waals surface area contributed by atoms with Crippen LogP contribution in [0.15, 0.2) is 36.4 Å². The lowest BCUT2D eigenvalue weighted by atomic mass is 10.2. The molecule has 1 N–H and O–H groups in total. The van der Waals surface area contributed by atoms with Crippen LogP contribution in [0, 0.1) is 11.3 Å². The summed E-state index contributed by atoms with van der Waals surface area (Å²) < 4.78 is 5.57. The maximum Gasteiger partial charge on any atom is 0.364 e. The Labute approximate surface area is 141 Å². The molecule has 0 radical (unpaired) electrons. The Morgan fingerprint density at radius 3 is 2.70 bits per heavy atom. The van der Waals surface area contributed by atoms with Crippen molar-refractivity contribution >= 4 is 35.6 Å². The molecule has 0 fully saturated rings. The fourth-order valence-corrected chi connectivity index (χ4v) is 2.03. The molecule has 0 aliphatic carbocycles. The molecule has 0 spiro atoms. The molecular formula is C15H8Cl2N2O4. The molecule has 0 aliphatic heterocycles. The number of nitriles is 1. The highest BCUT2D eigenvalue weighted by Crippen LogP contribution is 2.30. The minimum absolute atomic E-state index is 0.00834. The number of hydroxylamine groups is 1. The first kappa shape index (κ1) is 16.6. The summed E-state index contributed by atoms with van der Waals surface area (Å²) in [7, 11) is 0. The van der Waals surface area contributed by atoms with Crippen molar-refractivity contribution in [1.82, 2.24) is 5.48 Å². The molecule has 116 valence electrons. The van der Waals surface area contributed by atoms with E-state index in [1.165, 1.54) is 30.3 Å². The highest BCUT2D eigenvalue weighted by Gasteiger charge is 2.15. The molecule has 6 nitrogen and oxygen atoms in total. The van der Waals surface area contributed by atoms with Gasteiger partial charge in [-0.05, 0) is 36.4 Å². The van der Waals surface area contributed by atoms with Crippen molar-refractivity contribution in [1.29, 1.82) is 5.26 Å². The fourth-order valence-electron chi connectivity index (χ4n) is 1.66. The Morgan fingerprint density at radius 1 is 1.22 bits per heavy atom. The molecule has 0 atom stereocenters. The number of benzene rings is 2. The lowest BCUT2D eigenvalue weighted by Crippen LogP contribution is -2.18. The van der Waals surface area contributed by atoms with Gasteiger partial charge in [-0.2, -0.15) is 10.7 Å². The molecule has 0 aliphatic rings. The number of ether oxygens (including phenoxy) is 1. The molecule has 0 saturated heterocycles. The molecule has 0 aromatic heterocycles. The van der Waals surface area contributed by atoms with Crippen molar-refractivity contribution in [3.63, 3.8) is 0 Å². The largest absolute Gasteiger partial charge is 0.456 e. The first-order valence-electron chi connectivity index (χ1n) is 6.12. The molecule has 2 aromatic carbocycles. The molecule has 2 aromatic rings. The van der Waals surface area contributed by atoms with Gasteiger partial charge >= 0.3 is 5.97 Å². The van der Waals surface area contributed by atoms with Gasteiger partial charge < -0.3 is 9.57 Å². The van der Waals surface area contributed by atoms with Crippen molar-refractivity contribution in [2.75, 3.05) is 0 Å². The number of hydrogen-bond acceptors (Lipinski definition) is 5. The maximum absolute atomic E-state index is 11.7. The Balaban J connectivity index is 2.30. The van der Waals surface area contributed by atoms with Crippen LogP contribution in [0.25, 0.3) is 0 Å². The van der Waals surface area contributed by atoms with Gasteiger partial charge in [0.05, 0.1) is 16.1 Å². The minimum Gasteiger partial charge on any atom is -0.456 e. The molecule has 0 saturated carbocycles. The van der Waals surface area contributed by atoms with Crippen LogP contribution in [0.5, 0.6) is 11.5 Å². The zero-order valence-electron chi connectivity index (χ0n) is 11.4. The number of amides is 1. The second-order valence-electron chi connectivity index (χ2n) is 4.12. The Bertz CT molecular complexity index is 803. The zero-order valence-corrected chi connectivity index (χ0v) is 12.9. The van der Waals surface area contributed by atoms with E-state index in [9.17, 15) is 9.59 Å². The molecule has 23 heavy (non-hydrogen) atoms. The lowest BCUT2D eigenvalue weighted by Gasteiger charge is -2.10. The van der Waals surface area contributed by atoms with Crippen molar-refractivity contribution in [3.05, 3.63) is 57.6 Å². The highest BCUT2D eigenvalue weighted by atomic mass is 35.5. The predicted molar refractivity (Wildman–Crippen MR) is 82.3 cm³/mol. The number of carbonyl (C=O) groups is 2. The fraction of sp³-hybridized carbons (Fsp3) is 0. The van der Waals surface area contributed by atoms with E-state index < -0.39 is 5.97 Å². The highest BCUT2D eigenvalue weighted by molar-refractivity contribution is 6.33. The smallest absolute Gasteiger partial charge is 0.364 e. The van der Waals surface area contributed by atoms with Crippen LogP contribution in [-0.2, 0) is 9.63 Å². The number of rotatable bonds is 5. The number of carbonyl (C=O) groups excluding carboxylic acids is 2. The number of hydrogen-bond donors (Lipinski definition) is 1. The van der Waals surface area contributed by atoms with Gasteiger partial charge in [-0.15, -0.1) is 0 Å². The van der Waals surface area contributed by atoms with Crippen molar-refractivity contribution in [3.8, 4) is 17.6 Å². The zero-order chi connectivity index (χ0) is 16.8. The van der Waals surface area contributed by atoms with E-state index in [2.05, 4.69) is 4.84 Å². The summed E-state index contributed by atoms with van der Waals surface area (Å²) in [5, 5.41) is 9.59. The van der Waals surface area contributed by atoms with E-state index in [4.69, 9.17) is 33.2 Å². The summed E-state index contributed by atoms with van der Waals surface area (Å²) in [4.78, 5) is 26.3. The van der Waals surface area contributed by atoms with Crippen LogP contribution in [-0.4, -0.2) is 12.4 Å². The van der Waals surface area contributed by atoms with Gasteiger partial charge in [0.15, 0.2) is 0 Å². The first-order valence-corrected chi connectivity index (χ1v) is 6.88. The Hall–Kier alpha value is -2.75. The van der Waals surface area contributed by atoms with Crippen LogP contribution in [0.1, 0.15) is 15.9 Å². The summed E-state index contributed by atoms with van der Waals surface area (Å²) in [6.07, 6.45) is 0.207. The van der Waals surface area contributed by atoms with Crippen LogP contribution >= 0.6 is 23.2 Å². The van der Waals surface area contributed by atoms with Gasteiger partial charge in [0.2, 0.25) is 6.41 Å². The summed E-state index contributed by atoms with van der Waals surface area (Å²) in [6, 6.07) is 10.8. The minimum atomic E-state index is -0.857. The Kier molecular flexibility index (Phi) is 5.41.